The number of rotatable bonds is 2. The van der Waals surface area contributed by atoms with Gasteiger partial charge in [-0.1, -0.05) is 18.2 Å². The lowest BCUT2D eigenvalue weighted by atomic mass is 10.2. The van der Waals surface area contributed by atoms with E-state index in [1.165, 1.54) is 6.07 Å². The normalized spacial score (nSPS) is 10.6. The first kappa shape index (κ1) is 11.5. The van der Waals surface area contributed by atoms with E-state index in [9.17, 15) is 8.78 Å². The molecule has 0 amide bonds. The Kier molecular flexibility index (Phi) is 2.79. The van der Waals surface area contributed by atoms with Gasteiger partial charge in [0.15, 0.2) is 11.6 Å². The summed E-state index contributed by atoms with van der Waals surface area (Å²) in [6, 6.07) is 12.6. The average Bonchev–Trinajstić information content (AvgIpc) is 2.93. The van der Waals surface area contributed by atoms with E-state index in [-0.39, 0.29) is 5.89 Å². The molecule has 5 heteroatoms. The fourth-order valence-electron chi connectivity index (χ4n) is 1.67. The van der Waals surface area contributed by atoms with E-state index in [2.05, 4.69) is 10.2 Å². The molecule has 0 saturated carbocycles. The average molecular weight is 258 g/mol. The first-order valence-electron chi connectivity index (χ1n) is 5.58. The van der Waals surface area contributed by atoms with Gasteiger partial charge in [0.2, 0.25) is 11.8 Å². The molecule has 0 unspecified atom stereocenters. The van der Waals surface area contributed by atoms with Crippen molar-refractivity contribution in [1.29, 1.82) is 0 Å². The van der Waals surface area contributed by atoms with Crippen LogP contribution in [0.15, 0.2) is 52.9 Å². The standard InChI is InChI=1S/C14H8F2N2O/c15-11-7-6-10(8-12(11)16)14-18-17-13(19-14)9-4-2-1-3-5-9/h1-8H. The second-order valence-corrected chi connectivity index (χ2v) is 3.91. The number of hydrogen-bond donors (Lipinski definition) is 0. The number of benzene rings is 2. The minimum absolute atomic E-state index is 0.151. The summed E-state index contributed by atoms with van der Waals surface area (Å²) in [6.07, 6.45) is 0. The van der Waals surface area contributed by atoms with E-state index in [0.717, 1.165) is 17.7 Å². The van der Waals surface area contributed by atoms with Crippen molar-refractivity contribution in [3.63, 3.8) is 0 Å². The number of hydrogen-bond acceptors (Lipinski definition) is 3. The molecule has 3 aromatic rings. The van der Waals surface area contributed by atoms with Crippen LogP contribution >= 0.6 is 0 Å². The third-order valence-electron chi connectivity index (χ3n) is 2.61. The van der Waals surface area contributed by atoms with Gasteiger partial charge >= 0.3 is 0 Å². The summed E-state index contributed by atoms with van der Waals surface area (Å²) in [6.45, 7) is 0. The van der Waals surface area contributed by atoms with E-state index < -0.39 is 11.6 Å². The van der Waals surface area contributed by atoms with Crippen molar-refractivity contribution in [2.24, 2.45) is 0 Å². The van der Waals surface area contributed by atoms with Crippen molar-refractivity contribution in [3.8, 4) is 22.9 Å². The van der Waals surface area contributed by atoms with Crippen LogP contribution < -0.4 is 0 Å². The summed E-state index contributed by atoms with van der Waals surface area (Å²) in [5.41, 5.74) is 1.11. The third-order valence-corrected chi connectivity index (χ3v) is 2.61. The minimum Gasteiger partial charge on any atom is -0.416 e. The molecule has 0 spiro atoms. The molecule has 1 heterocycles. The fourth-order valence-corrected chi connectivity index (χ4v) is 1.67. The Morgan fingerprint density at radius 1 is 0.737 bits per heavy atom. The maximum atomic E-state index is 13.1. The zero-order valence-electron chi connectivity index (χ0n) is 9.68. The molecule has 3 rings (SSSR count). The van der Waals surface area contributed by atoms with Crippen molar-refractivity contribution in [2.75, 3.05) is 0 Å². The zero-order chi connectivity index (χ0) is 13.2. The third kappa shape index (κ3) is 2.22. The number of nitrogens with zero attached hydrogens (tertiary/aromatic N) is 2. The lowest BCUT2D eigenvalue weighted by Gasteiger charge is -1.96. The molecule has 0 N–H and O–H groups in total. The minimum atomic E-state index is -0.947. The first-order valence-corrected chi connectivity index (χ1v) is 5.58. The van der Waals surface area contributed by atoms with Crippen LogP contribution in [0, 0.1) is 11.6 Å². The Bertz CT molecular complexity index is 710. The van der Waals surface area contributed by atoms with Gasteiger partial charge in [-0.2, -0.15) is 0 Å². The molecule has 2 aromatic carbocycles. The molecule has 0 atom stereocenters. The molecule has 3 nitrogen and oxygen atoms in total. The van der Waals surface area contributed by atoms with Crippen molar-refractivity contribution in [1.82, 2.24) is 10.2 Å². The van der Waals surface area contributed by atoms with Crippen LogP contribution in [0.2, 0.25) is 0 Å². The second kappa shape index (κ2) is 4.61. The monoisotopic (exact) mass is 258 g/mol. The summed E-state index contributed by atoms with van der Waals surface area (Å²) in [5.74, 6) is -1.37. The highest BCUT2D eigenvalue weighted by Crippen LogP contribution is 2.24. The van der Waals surface area contributed by atoms with Crippen LogP contribution in [0.3, 0.4) is 0 Å². The molecule has 0 bridgehead atoms. The lowest BCUT2D eigenvalue weighted by Crippen LogP contribution is -1.85. The molecular formula is C14H8F2N2O. The van der Waals surface area contributed by atoms with Crippen molar-refractivity contribution >= 4 is 0 Å². The zero-order valence-corrected chi connectivity index (χ0v) is 9.68. The molecule has 94 valence electrons. The maximum absolute atomic E-state index is 13.1. The van der Waals surface area contributed by atoms with Crippen LogP contribution in [0.1, 0.15) is 0 Å². The van der Waals surface area contributed by atoms with Gasteiger partial charge in [0, 0.05) is 11.1 Å². The van der Waals surface area contributed by atoms with Crippen LogP contribution in [-0.4, -0.2) is 10.2 Å². The van der Waals surface area contributed by atoms with Crippen LogP contribution in [0.4, 0.5) is 8.78 Å². The Morgan fingerprint density at radius 3 is 2.11 bits per heavy atom. The Hall–Kier alpha value is -2.56. The summed E-state index contributed by atoms with van der Waals surface area (Å²) in [5, 5.41) is 7.71. The van der Waals surface area contributed by atoms with Gasteiger partial charge in [0.1, 0.15) is 0 Å². The highest BCUT2D eigenvalue weighted by molar-refractivity contribution is 5.57. The van der Waals surface area contributed by atoms with Gasteiger partial charge < -0.3 is 4.42 Å². The molecule has 19 heavy (non-hydrogen) atoms. The predicted molar refractivity (Wildman–Crippen MR) is 65.1 cm³/mol. The highest BCUT2D eigenvalue weighted by atomic mass is 19.2. The van der Waals surface area contributed by atoms with E-state index in [1.54, 1.807) is 0 Å². The molecular weight excluding hydrogens is 250 g/mol. The van der Waals surface area contributed by atoms with Gasteiger partial charge in [-0.05, 0) is 30.3 Å². The Morgan fingerprint density at radius 2 is 1.42 bits per heavy atom. The largest absolute Gasteiger partial charge is 0.416 e. The van der Waals surface area contributed by atoms with Gasteiger partial charge in [0.25, 0.3) is 0 Å². The fraction of sp³-hybridized carbons (Fsp3) is 0. The van der Waals surface area contributed by atoms with Crippen LogP contribution in [0.25, 0.3) is 22.9 Å². The van der Waals surface area contributed by atoms with Crippen LogP contribution in [-0.2, 0) is 0 Å². The number of aromatic nitrogens is 2. The van der Waals surface area contributed by atoms with Crippen molar-refractivity contribution < 1.29 is 13.2 Å². The Balaban J connectivity index is 1.99. The SMILES string of the molecule is Fc1ccc(-c2nnc(-c3ccccc3)o2)cc1F. The molecule has 0 aliphatic carbocycles. The van der Waals surface area contributed by atoms with Gasteiger partial charge in [0.05, 0.1) is 0 Å². The predicted octanol–water partition coefficient (Wildman–Crippen LogP) is 3.68. The number of halogens is 2. The van der Waals surface area contributed by atoms with E-state index >= 15 is 0 Å². The van der Waals surface area contributed by atoms with Gasteiger partial charge in [-0.15, -0.1) is 10.2 Å². The summed E-state index contributed by atoms with van der Waals surface area (Å²) >= 11 is 0. The van der Waals surface area contributed by atoms with E-state index in [1.807, 2.05) is 30.3 Å². The van der Waals surface area contributed by atoms with Gasteiger partial charge in [-0.3, -0.25) is 0 Å². The van der Waals surface area contributed by atoms with E-state index in [0.29, 0.717) is 11.5 Å². The molecule has 0 aliphatic rings. The molecule has 1 aromatic heterocycles. The maximum Gasteiger partial charge on any atom is 0.248 e. The summed E-state index contributed by atoms with van der Waals surface area (Å²) in [7, 11) is 0. The lowest BCUT2D eigenvalue weighted by molar-refractivity contribution is 0.508. The van der Waals surface area contributed by atoms with Crippen molar-refractivity contribution in [3.05, 3.63) is 60.2 Å². The smallest absolute Gasteiger partial charge is 0.248 e. The summed E-state index contributed by atoms with van der Waals surface area (Å²) < 4.78 is 31.4. The molecule has 0 saturated heterocycles. The van der Waals surface area contributed by atoms with Crippen LogP contribution in [0.5, 0.6) is 0 Å². The molecule has 0 radical (unpaired) electrons. The highest BCUT2D eigenvalue weighted by Gasteiger charge is 2.12. The summed E-state index contributed by atoms with van der Waals surface area (Å²) in [4.78, 5) is 0. The van der Waals surface area contributed by atoms with E-state index in [4.69, 9.17) is 4.42 Å². The van der Waals surface area contributed by atoms with Crippen molar-refractivity contribution in [2.45, 2.75) is 0 Å². The quantitative estimate of drug-likeness (QED) is 0.703. The van der Waals surface area contributed by atoms with Gasteiger partial charge in [-0.25, -0.2) is 8.78 Å². The molecule has 0 aliphatic heterocycles. The molecule has 0 fully saturated rings. The topological polar surface area (TPSA) is 38.9 Å². The Labute approximate surface area is 107 Å². The second-order valence-electron chi connectivity index (χ2n) is 3.91. The first-order chi connectivity index (χ1) is 9.24.